The average molecular weight is 377 g/mol. The minimum Gasteiger partial charge on any atom is -0.319 e. The topological polar surface area (TPSA) is 63.0 Å². The Balaban J connectivity index is 1.65. The summed E-state index contributed by atoms with van der Waals surface area (Å²) in [6.07, 6.45) is 3.55. The van der Waals surface area contributed by atoms with Crippen molar-refractivity contribution >= 4 is 11.6 Å². The van der Waals surface area contributed by atoms with Gasteiger partial charge in [-0.25, -0.2) is 0 Å². The Hall–Kier alpha value is -2.99. The van der Waals surface area contributed by atoms with E-state index in [4.69, 9.17) is 0 Å². The van der Waals surface area contributed by atoms with Gasteiger partial charge >= 0.3 is 0 Å². The van der Waals surface area contributed by atoms with Crippen molar-refractivity contribution in [3.05, 3.63) is 66.1 Å². The number of hydrogen-bond acceptors (Lipinski definition) is 4. The van der Waals surface area contributed by atoms with Crippen molar-refractivity contribution < 1.29 is 4.79 Å². The monoisotopic (exact) mass is 377 g/mol. The summed E-state index contributed by atoms with van der Waals surface area (Å²) < 4.78 is 1.86. The van der Waals surface area contributed by atoms with E-state index >= 15 is 0 Å². The lowest BCUT2D eigenvalue weighted by Crippen LogP contribution is -2.27. The molecule has 1 aromatic carbocycles. The molecule has 6 nitrogen and oxygen atoms in total. The third kappa shape index (κ3) is 4.84. The zero-order chi connectivity index (χ0) is 19.9. The summed E-state index contributed by atoms with van der Waals surface area (Å²) in [6.45, 7) is 9.93. The Morgan fingerprint density at radius 3 is 2.54 bits per heavy atom. The minimum absolute atomic E-state index is 0.173. The molecule has 0 aliphatic carbocycles. The van der Waals surface area contributed by atoms with E-state index in [1.54, 1.807) is 6.20 Å². The highest BCUT2D eigenvalue weighted by molar-refractivity contribution is 6.05. The number of benzene rings is 1. The zero-order valence-electron chi connectivity index (χ0n) is 16.7. The van der Waals surface area contributed by atoms with Crippen molar-refractivity contribution in [1.29, 1.82) is 0 Å². The fourth-order valence-corrected chi connectivity index (χ4v) is 3.10. The zero-order valence-corrected chi connectivity index (χ0v) is 16.7. The fraction of sp³-hybridized carbons (Fsp3) is 0.318. The van der Waals surface area contributed by atoms with Crippen molar-refractivity contribution in [3.8, 4) is 11.3 Å². The Kier molecular flexibility index (Phi) is 6.55. The number of pyridine rings is 1. The Bertz CT molecular complexity index is 916. The summed E-state index contributed by atoms with van der Waals surface area (Å²) >= 11 is 0. The standard InChI is InChI=1S/C22H27N5O/c1-4-26(5-2)13-14-27-16-19(15-23-27)25-22(28)20-11-12-21(24-17(20)3)18-9-7-6-8-10-18/h6-12,15-16H,4-5,13-14H2,1-3H3,(H,25,28). The molecule has 6 heteroatoms. The third-order valence-electron chi connectivity index (χ3n) is 4.83. The maximum atomic E-state index is 12.7. The van der Waals surface area contributed by atoms with Crippen LogP contribution in [0.15, 0.2) is 54.9 Å². The first kappa shape index (κ1) is 19.8. The molecule has 3 aromatic rings. The second kappa shape index (κ2) is 9.28. The summed E-state index contributed by atoms with van der Waals surface area (Å²) in [5.41, 5.74) is 3.85. The number of anilines is 1. The first-order valence-electron chi connectivity index (χ1n) is 9.70. The van der Waals surface area contributed by atoms with Gasteiger partial charge in [-0.3, -0.25) is 14.5 Å². The lowest BCUT2D eigenvalue weighted by Gasteiger charge is -2.17. The first-order chi connectivity index (χ1) is 13.6. The van der Waals surface area contributed by atoms with Gasteiger partial charge < -0.3 is 10.2 Å². The predicted octanol–water partition coefficient (Wildman–Crippen LogP) is 3.85. The van der Waals surface area contributed by atoms with Gasteiger partial charge in [-0.2, -0.15) is 5.10 Å². The maximum absolute atomic E-state index is 12.7. The molecular formula is C22H27N5O. The van der Waals surface area contributed by atoms with Gasteiger partial charge in [-0.05, 0) is 32.1 Å². The summed E-state index contributed by atoms with van der Waals surface area (Å²) in [6, 6.07) is 13.6. The molecule has 0 radical (unpaired) electrons. The highest BCUT2D eigenvalue weighted by Crippen LogP contribution is 2.19. The Labute approximate surface area is 166 Å². The van der Waals surface area contributed by atoms with E-state index in [2.05, 4.69) is 34.1 Å². The number of amides is 1. The van der Waals surface area contributed by atoms with Crippen LogP contribution in [0.3, 0.4) is 0 Å². The minimum atomic E-state index is -0.173. The highest BCUT2D eigenvalue weighted by atomic mass is 16.1. The summed E-state index contributed by atoms with van der Waals surface area (Å²) in [7, 11) is 0. The summed E-state index contributed by atoms with van der Waals surface area (Å²) in [4.78, 5) is 19.6. The van der Waals surface area contributed by atoms with E-state index in [1.807, 2.05) is 60.3 Å². The molecular weight excluding hydrogens is 350 g/mol. The van der Waals surface area contributed by atoms with E-state index in [0.717, 1.165) is 37.4 Å². The lowest BCUT2D eigenvalue weighted by molar-refractivity contribution is 0.102. The molecule has 2 aromatic heterocycles. The molecule has 0 aliphatic rings. The molecule has 0 unspecified atom stereocenters. The molecule has 0 saturated carbocycles. The van der Waals surface area contributed by atoms with Crippen LogP contribution in [0, 0.1) is 6.92 Å². The largest absolute Gasteiger partial charge is 0.319 e. The van der Waals surface area contributed by atoms with Crippen LogP contribution in [0.25, 0.3) is 11.3 Å². The van der Waals surface area contributed by atoms with Crippen molar-refractivity contribution in [1.82, 2.24) is 19.7 Å². The first-order valence-corrected chi connectivity index (χ1v) is 9.70. The van der Waals surface area contributed by atoms with E-state index in [1.165, 1.54) is 0 Å². The number of nitrogens with one attached hydrogen (secondary N) is 1. The van der Waals surface area contributed by atoms with Crippen molar-refractivity contribution in [3.63, 3.8) is 0 Å². The molecule has 3 rings (SSSR count). The quantitative estimate of drug-likeness (QED) is 0.648. The number of hydrogen-bond donors (Lipinski definition) is 1. The lowest BCUT2D eigenvalue weighted by atomic mass is 10.1. The van der Waals surface area contributed by atoms with Gasteiger partial charge in [0.2, 0.25) is 0 Å². The van der Waals surface area contributed by atoms with Gasteiger partial charge in [0.1, 0.15) is 0 Å². The van der Waals surface area contributed by atoms with Crippen molar-refractivity contribution in [2.24, 2.45) is 0 Å². The van der Waals surface area contributed by atoms with E-state index < -0.39 is 0 Å². The predicted molar refractivity (Wildman–Crippen MR) is 112 cm³/mol. The second-order valence-corrected chi connectivity index (χ2v) is 6.67. The number of aromatic nitrogens is 3. The summed E-state index contributed by atoms with van der Waals surface area (Å²) in [5, 5.41) is 7.26. The molecule has 1 amide bonds. The highest BCUT2D eigenvalue weighted by Gasteiger charge is 2.13. The molecule has 146 valence electrons. The maximum Gasteiger partial charge on any atom is 0.257 e. The molecule has 0 bridgehead atoms. The van der Waals surface area contributed by atoms with Gasteiger partial charge in [0.05, 0.1) is 35.4 Å². The molecule has 28 heavy (non-hydrogen) atoms. The number of nitrogens with zero attached hydrogens (tertiary/aromatic N) is 4. The SMILES string of the molecule is CCN(CC)CCn1cc(NC(=O)c2ccc(-c3ccccc3)nc2C)cn1. The third-order valence-corrected chi connectivity index (χ3v) is 4.83. The smallest absolute Gasteiger partial charge is 0.257 e. The Morgan fingerprint density at radius 2 is 1.86 bits per heavy atom. The van der Waals surface area contributed by atoms with E-state index in [-0.39, 0.29) is 5.91 Å². The molecule has 2 heterocycles. The van der Waals surface area contributed by atoms with Gasteiger partial charge in [0, 0.05) is 18.3 Å². The second-order valence-electron chi connectivity index (χ2n) is 6.67. The molecule has 0 aliphatic heterocycles. The van der Waals surface area contributed by atoms with Crippen LogP contribution in [0.2, 0.25) is 0 Å². The van der Waals surface area contributed by atoms with Crippen LogP contribution in [-0.2, 0) is 6.54 Å². The molecule has 0 saturated heterocycles. The number of rotatable bonds is 8. The van der Waals surface area contributed by atoms with Crippen LogP contribution in [0.5, 0.6) is 0 Å². The normalized spacial score (nSPS) is 11.0. The molecule has 0 spiro atoms. The molecule has 0 atom stereocenters. The van der Waals surface area contributed by atoms with Crippen LogP contribution in [0.1, 0.15) is 29.9 Å². The van der Waals surface area contributed by atoms with Crippen LogP contribution < -0.4 is 5.32 Å². The van der Waals surface area contributed by atoms with Gasteiger partial charge in [-0.1, -0.05) is 44.2 Å². The number of carbonyl (C=O) groups excluding carboxylic acids is 1. The number of aryl methyl sites for hydroxylation is 1. The molecule has 0 fully saturated rings. The summed E-state index contributed by atoms with van der Waals surface area (Å²) in [5.74, 6) is -0.173. The van der Waals surface area contributed by atoms with E-state index in [9.17, 15) is 4.79 Å². The van der Waals surface area contributed by atoms with Gasteiger partial charge in [0.15, 0.2) is 0 Å². The van der Waals surface area contributed by atoms with E-state index in [0.29, 0.717) is 16.9 Å². The van der Waals surface area contributed by atoms with Crippen LogP contribution in [-0.4, -0.2) is 45.2 Å². The number of carbonyl (C=O) groups is 1. The average Bonchev–Trinajstić information content (AvgIpc) is 3.16. The van der Waals surface area contributed by atoms with Gasteiger partial charge in [-0.15, -0.1) is 0 Å². The van der Waals surface area contributed by atoms with Crippen molar-refractivity contribution in [2.45, 2.75) is 27.3 Å². The fourth-order valence-electron chi connectivity index (χ4n) is 3.10. The molecule has 1 N–H and O–H groups in total. The number of likely N-dealkylation sites (N-methyl/N-ethyl adjacent to an activating group) is 1. The van der Waals surface area contributed by atoms with Crippen LogP contribution >= 0.6 is 0 Å². The Morgan fingerprint density at radius 1 is 1.11 bits per heavy atom. The van der Waals surface area contributed by atoms with Gasteiger partial charge in [0.25, 0.3) is 5.91 Å². The van der Waals surface area contributed by atoms with Crippen LogP contribution in [0.4, 0.5) is 5.69 Å². The van der Waals surface area contributed by atoms with Crippen molar-refractivity contribution in [2.75, 3.05) is 25.0 Å².